The smallest absolute Gasteiger partial charge is 0.224 e. The number of hydrogen-bond acceptors (Lipinski definition) is 3. The van der Waals surface area contributed by atoms with Crippen molar-refractivity contribution in [3.8, 4) is 11.5 Å². The van der Waals surface area contributed by atoms with Crippen LogP contribution in [0.25, 0.3) is 0 Å². The van der Waals surface area contributed by atoms with E-state index in [4.69, 9.17) is 21.1 Å². The van der Waals surface area contributed by atoms with E-state index in [1.54, 1.807) is 20.3 Å². The summed E-state index contributed by atoms with van der Waals surface area (Å²) in [7, 11) is 3.11. The second-order valence-corrected chi connectivity index (χ2v) is 5.30. The summed E-state index contributed by atoms with van der Waals surface area (Å²) in [6.45, 7) is 0. The van der Waals surface area contributed by atoms with Crippen LogP contribution in [0.2, 0.25) is 5.02 Å². The van der Waals surface area contributed by atoms with Gasteiger partial charge in [-0.1, -0.05) is 17.7 Å². The first-order valence-corrected chi connectivity index (χ1v) is 7.37. The number of benzene rings is 2. The number of anilines is 1. The second-order valence-electron chi connectivity index (χ2n) is 4.86. The van der Waals surface area contributed by atoms with Gasteiger partial charge in [0.05, 0.1) is 19.9 Å². The predicted octanol–water partition coefficient (Wildman–Crippen LogP) is 4.07. The summed E-state index contributed by atoms with van der Waals surface area (Å²) in [6.07, 6.45) is 0.721. The summed E-state index contributed by atoms with van der Waals surface area (Å²) in [4.78, 5) is 11.9. The molecule has 0 saturated carbocycles. The molecule has 0 aliphatic heterocycles. The van der Waals surface area contributed by atoms with E-state index in [2.05, 4.69) is 5.32 Å². The van der Waals surface area contributed by atoms with E-state index in [0.29, 0.717) is 17.9 Å². The van der Waals surface area contributed by atoms with Gasteiger partial charge < -0.3 is 14.8 Å². The number of carbonyl (C=O) groups excluding carboxylic acids is 1. The molecule has 0 unspecified atom stereocenters. The maximum atomic E-state index is 13.6. The molecular weight excluding hydrogens is 321 g/mol. The Morgan fingerprint density at radius 1 is 1.13 bits per heavy atom. The minimum Gasteiger partial charge on any atom is -0.493 e. The summed E-state index contributed by atoms with van der Waals surface area (Å²) in [5.41, 5.74) is 1.04. The molecule has 1 amide bonds. The van der Waals surface area contributed by atoms with Gasteiger partial charge in [0.15, 0.2) is 11.5 Å². The Labute approximate surface area is 139 Å². The molecular formula is C17H17ClFNO3. The quantitative estimate of drug-likeness (QED) is 0.864. The van der Waals surface area contributed by atoms with E-state index in [-0.39, 0.29) is 23.0 Å². The van der Waals surface area contributed by atoms with Crippen molar-refractivity contribution in [3.05, 3.63) is 52.8 Å². The fourth-order valence-electron chi connectivity index (χ4n) is 2.10. The number of amides is 1. The highest BCUT2D eigenvalue weighted by atomic mass is 35.5. The third kappa shape index (κ3) is 4.60. The normalized spacial score (nSPS) is 10.3. The van der Waals surface area contributed by atoms with Gasteiger partial charge in [-0.25, -0.2) is 4.39 Å². The van der Waals surface area contributed by atoms with E-state index in [9.17, 15) is 9.18 Å². The van der Waals surface area contributed by atoms with Crippen LogP contribution >= 0.6 is 11.6 Å². The van der Waals surface area contributed by atoms with E-state index >= 15 is 0 Å². The standard InChI is InChI=1S/C17H17ClFNO3/c1-22-15-7-3-11(9-16(15)23-2)4-8-17(21)20-14-6-5-12(18)10-13(14)19/h3,5-7,9-10H,4,8H2,1-2H3,(H,20,21). The third-order valence-corrected chi connectivity index (χ3v) is 3.53. The Morgan fingerprint density at radius 3 is 2.52 bits per heavy atom. The Morgan fingerprint density at radius 2 is 1.87 bits per heavy atom. The van der Waals surface area contributed by atoms with Crippen molar-refractivity contribution in [1.82, 2.24) is 0 Å². The maximum Gasteiger partial charge on any atom is 0.224 e. The molecule has 23 heavy (non-hydrogen) atoms. The van der Waals surface area contributed by atoms with E-state index < -0.39 is 5.82 Å². The molecule has 0 fully saturated rings. The highest BCUT2D eigenvalue weighted by Gasteiger charge is 2.09. The van der Waals surface area contributed by atoms with E-state index in [1.165, 1.54) is 12.1 Å². The summed E-state index contributed by atoms with van der Waals surface area (Å²) in [6, 6.07) is 9.57. The molecule has 4 nitrogen and oxygen atoms in total. The lowest BCUT2D eigenvalue weighted by molar-refractivity contribution is -0.116. The van der Waals surface area contributed by atoms with Crippen LogP contribution in [-0.2, 0) is 11.2 Å². The lowest BCUT2D eigenvalue weighted by Gasteiger charge is -2.10. The average Bonchev–Trinajstić information content (AvgIpc) is 2.55. The molecule has 0 radical (unpaired) electrons. The van der Waals surface area contributed by atoms with Crippen LogP contribution in [0.3, 0.4) is 0 Å². The number of carbonyl (C=O) groups is 1. The zero-order valence-electron chi connectivity index (χ0n) is 12.9. The fraction of sp³-hybridized carbons (Fsp3) is 0.235. The van der Waals surface area contributed by atoms with Crippen molar-refractivity contribution in [1.29, 1.82) is 0 Å². The van der Waals surface area contributed by atoms with Crippen molar-refractivity contribution in [2.75, 3.05) is 19.5 Å². The van der Waals surface area contributed by atoms with Crippen molar-refractivity contribution in [2.24, 2.45) is 0 Å². The Hall–Kier alpha value is -2.27. The number of methoxy groups -OCH3 is 2. The van der Waals surface area contributed by atoms with Crippen molar-refractivity contribution in [3.63, 3.8) is 0 Å². The van der Waals surface area contributed by atoms with Crippen LogP contribution < -0.4 is 14.8 Å². The van der Waals surface area contributed by atoms with Gasteiger partial charge >= 0.3 is 0 Å². The van der Waals surface area contributed by atoms with Crippen LogP contribution in [-0.4, -0.2) is 20.1 Å². The molecule has 0 atom stereocenters. The average molecular weight is 338 g/mol. The maximum absolute atomic E-state index is 13.6. The minimum absolute atomic E-state index is 0.117. The van der Waals surface area contributed by atoms with Crippen LogP contribution in [0.4, 0.5) is 10.1 Å². The van der Waals surface area contributed by atoms with Gasteiger partial charge in [0.25, 0.3) is 0 Å². The highest BCUT2D eigenvalue weighted by Crippen LogP contribution is 2.28. The topological polar surface area (TPSA) is 47.6 Å². The van der Waals surface area contributed by atoms with E-state index in [0.717, 1.165) is 11.6 Å². The Kier molecular flexibility index (Phi) is 5.82. The molecule has 2 rings (SSSR count). The van der Waals surface area contributed by atoms with Crippen LogP contribution in [0, 0.1) is 5.82 Å². The first-order valence-electron chi connectivity index (χ1n) is 6.99. The SMILES string of the molecule is COc1ccc(CCC(=O)Nc2ccc(Cl)cc2F)cc1OC. The largest absolute Gasteiger partial charge is 0.493 e. The molecule has 0 aromatic heterocycles. The van der Waals surface area contributed by atoms with Gasteiger partial charge in [-0.05, 0) is 42.3 Å². The number of halogens is 2. The molecule has 2 aromatic rings. The first kappa shape index (κ1) is 17.1. The van der Waals surface area contributed by atoms with Gasteiger partial charge in [-0.3, -0.25) is 4.79 Å². The first-order chi connectivity index (χ1) is 11.0. The summed E-state index contributed by atoms with van der Waals surface area (Å²) in [5.74, 6) is 0.399. The second kappa shape index (κ2) is 7.83. The lowest BCUT2D eigenvalue weighted by atomic mass is 10.1. The number of rotatable bonds is 6. The number of aryl methyl sites for hydroxylation is 1. The zero-order valence-corrected chi connectivity index (χ0v) is 13.6. The van der Waals surface area contributed by atoms with Crippen molar-refractivity contribution in [2.45, 2.75) is 12.8 Å². The molecule has 1 N–H and O–H groups in total. The van der Waals surface area contributed by atoms with Crippen molar-refractivity contribution >= 4 is 23.2 Å². The highest BCUT2D eigenvalue weighted by molar-refractivity contribution is 6.30. The molecule has 2 aromatic carbocycles. The summed E-state index contributed by atoms with van der Waals surface area (Å²) < 4.78 is 24.0. The predicted molar refractivity (Wildman–Crippen MR) is 87.9 cm³/mol. The molecule has 6 heteroatoms. The third-order valence-electron chi connectivity index (χ3n) is 3.29. The van der Waals surface area contributed by atoms with Crippen molar-refractivity contribution < 1.29 is 18.7 Å². The molecule has 122 valence electrons. The summed E-state index contributed by atoms with van der Waals surface area (Å²) in [5, 5.41) is 2.81. The van der Waals surface area contributed by atoms with Gasteiger partial charge in [-0.15, -0.1) is 0 Å². The number of hydrogen-bond donors (Lipinski definition) is 1. The molecule has 0 heterocycles. The Bertz CT molecular complexity index is 706. The summed E-state index contributed by atoms with van der Waals surface area (Å²) >= 11 is 5.67. The minimum atomic E-state index is -0.558. The zero-order chi connectivity index (χ0) is 16.8. The molecule has 0 aliphatic rings. The number of nitrogens with one attached hydrogen (secondary N) is 1. The van der Waals surface area contributed by atoms with Gasteiger partial charge in [0.2, 0.25) is 5.91 Å². The monoisotopic (exact) mass is 337 g/mol. The fourth-order valence-corrected chi connectivity index (χ4v) is 2.26. The van der Waals surface area contributed by atoms with Gasteiger partial charge in [-0.2, -0.15) is 0 Å². The van der Waals surface area contributed by atoms with Gasteiger partial charge in [0.1, 0.15) is 5.82 Å². The Balaban J connectivity index is 1.96. The molecule has 0 aliphatic carbocycles. The van der Waals surface area contributed by atoms with Crippen LogP contribution in [0.15, 0.2) is 36.4 Å². The lowest BCUT2D eigenvalue weighted by Crippen LogP contribution is -2.13. The molecule has 0 bridgehead atoms. The van der Waals surface area contributed by atoms with Gasteiger partial charge in [0, 0.05) is 11.4 Å². The van der Waals surface area contributed by atoms with Crippen LogP contribution in [0.1, 0.15) is 12.0 Å². The van der Waals surface area contributed by atoms with Crippen LogP contribution in [0.5, 0.6) is 11.5 Å². The molecule has 0 saturated heterocycles. The van der Waals surface area contributed by atoms with E-state index in [1.807, 2.05) is 12.1 Å². The molecule has 0 spiro atoms. The number of ether oxygens (including phenoxy) is 2.